The highest BCUT2D eigenvalue weighted by atomic mass is 32.2. The molecule has 1 atom stereocenters. The highest BCUT2D eigenvalue weighted by Gasteiger charge is 2.53. The van der Waals surface area contributed by atoms with Gasteiger partial charge in [-0.3, -0.25) is 9.59 Å². The third kappa shape index (κ3) is 4.94. The van der Waals surface area contributed by atoms with E-state index in [1.165, 1.54) is 13.2 Å². The maximum absolute atomic E-state index is 13.1. The Bertz CT molecular complexity index is 806. The van der Waals surface area contributed by atoms with Gasteiger partial charge < -0.3 is 9.47 Å². The monoisotopic (exact) mass is 407 g/mol. The standard InChI is InChI=1S/C20H25NO6S/c1-12-8-7-9-13(2)16(12)28-17(23)20(11-14(25-6)10-15(20)22)27-21-18(24)26-19(3,4)5/h7-10H,11H2,1-6H3,(H,21,24)/t20-/m0/s1. The minimum Gasteiger partial charge on any atom is -0.501 e. The fourth-order valence-corrected chi connectivity index (χ4v) is 3.66. The number of carbonyl (C=O) groups is 3. The molecule has 152 valence electrons. The van der Waals surface area contributed by atoms with Crippen molar-refractivity contribution >= 4 is 28.8 Å². The van der Waals surface area contributed by atoms with E-state index in [9.17, 15) is 14.4 Å². The van der Waals surface area contributed by atoms with Gasteiger partial charge in [-0.15, -0.1) is 0 Å². The van der Waals surface area contributed by atoms with E-state index >= 15 is 0 Å². The maximum atomic E-state index is 13.1. The van der Waals surface area contributed by atoms with Crippen molar-refractivity contribution in [2.75, 3.05) is 7.11 Å². The minimum absolute atomic E-state index is 0.116. The molecule has 0 fully saturated rings. The largest absolute Gasteiger partial charge is 0.501 e. The van der Waals surface area contributed by atoms with Crippen molar-refractivity contribution in [3.63, 3.8) is 0 Å². The summed E-state index contributed by atoms with van der Waals surface area (Å²) in [6.07, 6.45) is 0.199. The Morgan fingerprint density at radius 3 is 2.29 bits per heavy atom. The first kappa shape index (κ1) is 22.0. The molecule has 1 aliphatic carbocycles. The van der Waals surface area contributed by atoms with E-state index in [1.807, 2.05) is 32.0 Å². The van der Waals surface area contributed by atoms with Gasteiger partial charge in [0.15, 0.2) is 0 Å². The second-order valence-electron chi connectivity index (χ2n) is 7.50. The molecular weight excluding hydrogens is 382 g/mol. The molecule has 2 rings (SSSR count). The fourth-order valence-electron chi connectivity index (χ4n) is 2.64. The molecule has 0 radical (unpaired) electrons. The zero-order chi connectivity index (χ0) is 21.1. The Balaban J connectivity index is 2.26. The number of amides is 1. The lowest BCUT2D eigenvalue weighted by Crippen LogP contribution is -2.50. The summed E-state index contributed by atoms with van der Waals surface area (Å²) in [5, 5.41) is -0.547. The average molecular weight is 407 g/mol. The molecule has 1 N–H and O–H groups in total. The number of benzene rings is 1. The lowest BCUT2D eigenvalue weighted by Gasteiger charge is -2.27. The molecule has 1 aliphatic rings. The first-order valence-corrected chi connectivity index (χ1v) is 9.54. The van der Waals surface area contributed by atoms with E-state index in [1.54, 1.807) is 20.8 Å². The normalized spacial score (nSPS) is 19.2. The Morgan fingerprint density at radius 2 is 1.79 bits per heavy atom. The summed E-state index contributed by atoms with van der Waals surface area (Å²) in [6.45, 7) is 8.83. The molecule has 1 amide bonds. The van der Waals surface area contributed by atoms with Gasteiger partial charge in [0.05, 0.1) is 13.5 Å². The van der Waals surface area contributed by atoms with E-state index in [2.05, 4.69) is 5.48 Å². The summed E-state index contributed by atoms with van der Waals surface area (Å²) >= 11 is 0.908. The summed E-state index contributed by atoms with van der Waals surface area (Å²) in [5.74, 6) is -0.296. The van der Waals surface area contributed by atoms with Crippen molar-refractivity contribution in [2.45, 2.75) is 57.1 Å². The molecular formula is C20H25NO6S. The van der Waals surface area contributed by atoms with Crippen LogP contribution in [0, 0.1) is 13.8 Å². The summed E-state index contributed by atoms with van der Waals surface area (Å²) in [7, 11) is 1.40. The molecule has 1 aromatic carbocycles. The number of hydrogen-bond acceptors (Lipinski definition) is 7. The van der Waals surface area contributed by atoms with Crippen LogP contribution >= 0.6 is 11.8 Å². The Morgan fingerprint density at radius 1 is 1.18 bits per heavy atom. The topological polar surface area (TPSA) is 90.9 Å². The van der Waals surface area contributed by atoms with Crippen LogP contribution < -0.4 is 5.48 Å². The van der Waals surface area contributed by atoms with Crippen LogP contribution in [-0.2, 0) is 23.9 Å². The molecule has 0 unspecified atom stereocenters. The highest BCUT2D eigenvalue weighted by Crippen LogP contribution is 2.38. The number of ketones is 1. The molecule has 0 saturated carbocycles. The minimum atomic E-state index is -1.92. The van der Waals surface area contributed by atoms with Crippen LogP contribution in [0.5, 0.6) is 0 Å². The van der Waals surface area contributed by atoms with Crippen molar-refractivity contribution in [1.82, 2.24) is 5.48 Å². The van der Waals surface area contributed by atoms with Gasteiger partial charge in [0.25, 0.3) is 0 Å². The molecule has 0 spiro atoms. The van der Waals surface area contributed by atoms with Crippen LogP contribution in [0.2, 0.25) is 0 Å². The summed E-state index contributed by atoms with van der Waals surface area (Å²) in [5.41, 5.74) is 1.22. The first-order chi connectivity index (χ1) is 13.0. The Hall–Kier alpha value is -2.32. The van der Waals surface area contributed by atoms with Gasteiger partial charge in [-0.25, -0.2) is 9.63 Å². The van der Waals surface area contributed by atoms with Gasteiger partial charge in [-0.05, 0) is 57.5 Å². The highest BCUT2D eigenvalue weighted by molar-refractivity contribution is 8.14. The molecule has 7 nitrogen and oxygen atoms in total. The predicted octanol–water partition coefficient (Wildman–Crippen LogP) is 3.62. The smallest absolute Gasteiger partial charge is 0.431 e. The van der Waals surface area contributed by atoms with Gasteiger partial charge in [-0.2, -0.15) is 5.48 Å². The Kier molecular flexibility index (Phi) is 6.56. The summed E-state index contributed by atoms with van der Waals surface area (Å²) in [6, 6.07) is 5.65. The number of aryl methyl sites for hydroxylation is 2. The van der Waals surface area contributed by atoms with Crippen molar-refractivity contribution < 1.29 is 28.7 Å². The fraction of sp³-hybridized carbons (Fsp3) is 0.450. The number of thioether (sulfide) groups is 1. The number of rotatable bonds is 5. The van der Waals surface area contributed by atoms with Gasteiger partial charge >= 0.3 is 6.09 Å². The lowest BCUT2D eigenvalue weighted by molar-refractivity contribution is -0.157. The molecule has 8 heteroatoms. The molecule has 0 aromatic heterocycles. The van der Waals surface area contributed by atoms with Crippen LogP contribution in [0.25, 0.3) is 0 Å². The van der Waals surface area contributed by atoms with Crippen LogP contribution in [0.3, 0.4) is 0 Å². The van der Waals surface area contributed by atoms with Crippen molar-refractivity contribution in [3.05, 3.63) is 41.2 Å². The van der Waals surface area contributed by atoms with E-state index in [4.69, 9.17) is 14.3 Å². The zero-order valence-corrected chi connectivity index (χ0v) is 17.7. The third-order valence-electron chi connectivity index (χ3n) is 4.02. The number of ether oxygens (including phenoxy) is 2. The molecule has 0 heterocycles. The number of methoxy groups -OCH3 is 1. The molecule has 1 aromatic rings. The van der Waals surface area contributed by atoms with Gasteiger partial charge in [0.2, 0.25) is 16.5 Å². The van der Waals surface area contributed by atoms with E-state index in [0.717, 1.165) is 27.8 Å². The van der Waals surface area contributed by atoms with E-state index < -0.39 is 28.2 Å². The number of hydroxylamine groups is 1. The molecule has 0 bridgehead atoms. The Labute approximate surface area is 168 Å². The summed E-state index contributed by atoms with van der Waals surface area (Å²) < 4.78 is 10.2. The van der Waals surface area contributed by atoms with E-state index in [-0.39, 0.29) is 6.42 Å². The number of carbonyl (C=O) groups excluding carboxylic acids is 3. The van der Waals surface area contributed by atoms with Gasteiger partial charge in [-0.1, -0.05) is 18.2 Å². The van der Waals surface area contributed by atoms with Gasteiger partial charge in [0, 0.05) is 11.0 Å². The first-order valence-electron chi connectivity index (χ1n) is 8.73. The number of hydrogen-bond donors (Lipinski definition) is 1. The lowest BCUT2D eigenvalue weighted by atomic mass is 10.0. The van der Waals surface area contributed by atoms with Crippen LogP contribution in [0.1, 0.15) is 38.3 Å². The van der Waals surface area contributed by atoms with Crippen molar-refractivity contribution in [3.8, 4) is 0 Å². The number of nitrogens with one attached hydrogen (secondary N) is 1. The zero-order valence-electron chi connectivity index (χ0n) is 16.9. The SMILES string of the molecule is COC1=CC(=O)[C@](ONC(=O)OC(C)(C)C)(C(=O)Sc2c(C)cccc2C)C1. The molecule has 28 heavy (non-hydrogen) atoms. The van der Waals surface area contributed by atoms with E-state index in [0.29, 0.717) is 5.76 Å². The predicted molar refractivity (Wildman–Crippen MR) is 105 cm³/mol. The van der Waals surface area contributed by atoms with Crippen LogP contribution in [0.15, 0.2) is 34.9 Å². The van der Waals surface area contributed by atoms with Crippen molar-refractivity contribution in [2.24, 2.45) is 0 Å². The molecule has 0 aliphatic heterocycles. The quantitative estimate of drug-likeness (QED) is 0.453. The van der Waals surface area contributed by atoms with Crippen LogP contribution in [0.4, 0.5) is 4.79 Å². The average Bonchev–Trinajstić information content (AvgIpc) is 2.92. The molecule has 0 saturated heterocycles. The van der Waals surface area contributed by atoms with Crippen molar-refractivity contribution in [1.29, 1.82) is 0 Å². The maximum Gasteiger partial charge on any atom is 0.431 e. The second kappa shape index (κ2) is 8.36. The second-order valence-corrected chi connectivity index (χ2v) is 8.48. The third-order valence-corrected chi connectivity index (χ3v) is 5.38. The summed E-state index contributed by atoms with van der Waals surface area (Å²) in [4.78, 5) is 43.9. The van der Waals surface area contributed by atoms with Crippen LogP contribution in [-0.4, -0.2) is 35.3 Å². The van der Waals surface area contributed by atoms with Gasteiger partial charge in [0.1, 0.15) is 11.4 Å².